The lowest BCUT2D eigenvalue weighted by Gasteiger charge is -2.13. The van der Waals surface area contributed by atoms with Gasteiger partial charge in [0, 0.05) is 11.1 Å². The molecule has 27 heavy (non-hydrogen) atoms. The van der Waals surface area contributed by atoms with Crippen molar-refractivity contribution in [2.75, 3.05) is 19.5 Å². The molecule has 0 aliphatic heterocycles. The molecule has 0 bridgehead atoms. The van der Waals surface area contributed by atoms with E-state index in [1.807, 2.05) is 19.9 Å². The summed E-state index contributed by atoms with van der Waals surface area (Å²) in [6, 6.07) is 6.98. The fourth-order valence-electron chi connectivity index (χ4n) is 2.33. The number of carbonyl (C=O) groups is 1. The monoisotopic (exact) mass is 388 g/mol. The number of benzene rings is 1. The van der Waals surface area contributed by atoms with E-state index in [0.717, 1.165) is 10.6 Å². The van der Waals surface area contributed by atoms with Crippen LogP contribution in [0.3, 0.4) is 0 Å². The van der Waals surface area contributed by atoms with Gasteiger partial charge in [0.15, 0.2) is 29.1 Å². The van der Waals surface area contributed by atoms with Crippen LogP contribution >= 0.6 is 11.3 Å². The average molecular weight is 388 g/mol. The highest BCUT2D eigenvalue weighted by atomic mass is 32.1. The van der Waals surface area contributed by atoms with E-state index in [-0.39, 0.29) is 18.3 Å². The van der Waals surface area contributed by atoms with Crippen LogP contribution in [0.2, 0.25) is 0 Å². The van der Waals surface area contributed by atoms with Crippen molar-refractivity contribution in [2.45, 2.75) is 20.6 Å². The summed E-state index contributed by atoms with van der Waals surface area (Å²) >= 11 is 1.43. The summed E-state index contributed by atoms with van der Waals surface area (Å²) in [6.07, 6.45) is 1.66. The molecule has 2 aromatic heterocycles. The number of nitrogens with zero attached hydrogens (tertiary/aromatic N) is 3. The zero-order chi connectivity index (χ0) is 19.4. The number of carbonyl (C=O) groups excluding carboxylic acids is 1. The van der Waals surface area contributed by atoms with E-state index >= 15 is 0 Å². The minimum Gasteiger partial charge on any atom is -0.493 e. The van der Waals surface area contributed by atoms with Gasteiger partial charge in [-0.3, -0.25) is 10.1 Å². The molecule has 0 saturated carbocycles. The molecule has 2 heterocycles. The minimum absolute atomic E-state index is 0.0967. The number of rotatable bonds is 7. The van der Waals surface area contributed by atoms with Crippen LogP contribution in [-0.2, 0) is 6.73 Å². The van der Waals surface area contributed by atoms with Gasteiger partial charge in [0.1, 0.15) is 0 Å². The Balaban J connectivity index is 1.67. The highest BCUT2D eigenvalue weighted by Crippen LogP contribution is 2.36. The van der Waals surface area contributed by atoms with Gasteiger partial charge in [-0.25, -0.2) is 9.67 Å². The lowest BCUT2D eigenvalue weighted by Crippen LogP contribution is -2.14. The van der Waals surface area contributed by atoms with Crippen LogP contribution < -0.4 is 19.5 Å². The van der Waals surface area contributed by atoms with Crippen molar-refractivity contribution in [1.82, 2.24) is 14.8 Å². The first-order valence-corrected chi connectivity index (χ1v) is 8.96. The van der Waals surface area contributed by atoms with Gasteiger partial charge in [0.25, 0.3) is 5.91 Å². The second-order valence-corrected chi connectivity index (χ2v) is 6.82. The van der Waals surface area contributed by atoms with Crippen LogP contribution in [0.1, 0.15) is 21.1 Å². The fourth-order valence-corrected chi connectivity index (χ4v) is 3.14. The average Bonchev–Trinajstić information content (AvgIpc) is 3.26. The van der Waals surface area contributed by atoms with Crippen LogP contribution in [-0.4, -0.2) is 34.9 Å². The number of hydrogen-bond acceptors (Lipinski definition) is 7. The molecule has 3 aromatic rings. The first-order valence-electron chi connectivity index (χ1n) is 8.14. The molecule has 1 amide bonds. The maximum Gasteiger partial charge on any atom is 0.277 e. The Morgan fingerprint density at radius 1 is 1.19 bits per heavy atom. The van der Waals surface area contributed by atoms with Crippen LogP contribution in [0.4, 0.5) is 5.13 Å². The number of aryl methyl sites for hydroxylation is 2. The SMILES string of the molecule is COc1cccc(OC)c1OCn1ccc(C(=O)Nc2nc(C)c(C)s2)n1. The van der Waals surface area contributed by atoms with Gasteiger partial charge < -0.3 is 14.2 Å². The van der Waals surface area contributed by atoms with Crippen LogP contribution in [0.25, 0.3) is 0 Å². The predicted octanol–water partition coefficient (Wildman–Crippen LogP) is 3.26. The van der Waals surface area contributed by atoms with Crippen LogP contribution in [0.5, 0.6) is 17.2 Å². The number of anilines is 1. The van der Waals surface area contributed by atoms with Gasteiger partial charge in [-0.1, -0.05) is 6.07 Å². The summed E-state index contributed by atoms with van der Waals surface area (Å²) in [4.78, 5) is 17.7. The molecular formula is C18H20N4O4S. The van der Waals surface area contributed by atoms with Gasteiger partial charge in [-0.2, -0.15) is 5.10 Å². The highest BCUT2D eigenvalue weighted by molar-refractivity contribution is 7.15. The molecule has 1 N–H and O–H groups in total. The van der Waals surface area contributed by atoms with Gasteiger partial charge >= 0.3 is 0 Å². The number of hydrogen-bond donors (Lipinski definition) is 1. The first kappa shape index (κ1) is 18.7. The smallest absolute Gasteiger partial charge is 0.277 e. The largest absolute Gasteiger partial charge is 0.493 e. The van der Waals surface area contributed by atoms with Crippen molar-refractivity contribution in [3.63, 3.8) is 0 Å². The van der Waals surface area contributed by atoms with Crippen molar-refractivity contribution in [3.05, 3.63) is 46.7 Å². The van der Waals surface area contributed by atoms with E-state index in [4.69, 9.17) is 14.2 Å². The Bertz CT molecular complexity index is 909. The van der Waals surface area contributed by atoms with Gasteiger partial charge in [0.05, 0.1) is 19.9 Å². The molecule has 0 aliphatic carbocycles. The Morgan fingerprint density at radius 2 is 1.89 bits per heavy atom. The number of methoxy groups -OCH3 is 2. The zero-order valence-electron chi connectivity index (χ0n) is 15.5. The standard InChI is InChI=1S/C18H20N4O4S/c1-11-12(2)27-18(19-11)20-17(23)13-8-9-22(21-13)10-26-16-14(24-3)6-5-7-15(16)25-4/h5-9H,10H2,1-4H3,(H,19,20,23). The topological polar surface area (TPSA) is 87.5 Å². The van der Waals surface area contributed by atoms with Crippen molar-refractivity contribution in [2.24, 2.45) is 0 Å². The maximum atomic E-state index is 12.3. The third kappa shape index (κ3) is 4.20. The lowest BCUT2D eigenvalue weighted by atomic mass is 10.3. The van der Waals surface area contributed by atoms with E-state index in [1.54, 1.807) is 38.6 Å². The first-order chi connectivity index (χ1) is 13.0. The Morgan fingerprint density at radius 3 is 2.48 bits per heavy atom. The molecule has 1 aromatic carbocycles. The molecule has 142 valence electrons. The lowest BCUT2D eigenvalue weighted by molar-refractivity contribution is 0.102. The normalized spacial score (nSPS) is 10.5. The van der Waals surface area contributed by atoms with Gasteiger partial charge in [-0.05, 0) is 32.0 Å². The summed E-state index contributed by atoms with van der Waals surface area (Å²) < 4.78 is 17.9. The second-order valence-electron chi connectivity index (χ2n) is 5.62. The van der Waals surface area contributed by atoms with E-state index in [0.29, 0.717) is 22.4 Å². The van der Waals surface area contributed by atoms with Gasteiger partial charge in [0.2, 0.25) is 5.75 Å². The van der Waals surface area contributed by atoms with Crippen molar-refractivity contribution < 1.29 is 19.0 Å². The Kier molecular flexibility index (Phi) is 5.60. The van der Waals surface area contributed by atoms with E-state index in [9.17, 15) is 4.79 Å². The Labute approximate surface area is 160 Å². The molecule has 0 spiro atoms. The Hall–Kier alpha value is -3.07. The van der Waals surface area contributed by atoms with Crippen LogP contribution in [0.15, 0.2) is 30.5 Å². The number of nitrogens with one attached hydrogen (secondary N) is 1. The van der Waals surface area contributed by atoms with Crippen molar-refractivity contribution in [3.8, 4) is 17.2 Å². The molecule has 0 radical (unpaired) electrons. The maximum absolute atomic E-state index is 12.3. The van der Waals surface area contributed by atoms with Crippen LogP contribution in [0, 0.1) is 13.8 Å². The number of ether oxygens (including phenoxy) is 3. The molecule has 0 saturated heterocycles. The predicted molar refractivity (Wildman–Crippen MR) is 102 cm³/mol. The van der Waals surface area contributed by atoms with E-state index in [1.165, 1.54) is 16.0 Å². The van der Waals surface area contributed by atoms with Crippen molar-refractivity contribution in [1.29, 1.82) is 0 Å². The molecule has 0 atom stereocenters. The molecule has 0 aliphatic rings. The molecule has 8 nitrogen and oxygen atoms in total. The second kappa shape index (κ2) is 8.09. The summed E-state index contributed by atoms with van der Waals surface area (Å²) in [7, 11) is 3.11. The number of thiazole rings is 1. The van der Waals surface area contributed by atoms with E-state index < -0.39 is 0 Å². The molecule has 0 unspecified atom stereocenters. The summed E-state index contributed by atoms with van der Waals surface area (Å²) in [5.41, 5.74) is 1.18. The van der Waals surface area contributed by atoms with E-state index in [2.05, 4.69) is 15.4 Å². The number of para-hydroxylation sites is 1. The van der Waals surface area contributed by atoms with Crippen molar-refractivity contribution >= 4 is 22.4 Å². The summed E-state index contributed by atoms with van der Waals surface area (Å²) in [6.45, 7) is 3.96. The number of amides is 1. The summed E-state index contributed by atoms with van der Waals surface area (Å²) in [5, 5.41) is 7.55. The molecule has 9 heteroatoms. The molecule has 0 fully saturated rings. The molecular weight excluding hydrogens is 368 g/mol. The number of aromatic nitrogens is 3. The third-order valence-corrected chi connectivity index (χ3v) is 4.83. The highest BCUT2D eigenvalue weighted by Gasteiger charge is 2.14. The quantitative estimate of drug-likeness (QED) is 0.668. The van der Waals surface area contributed by atoms with Gasteiger partial charge in [-0.15, -0.1) is 11.3 Å². The third-order valence-electron chi connectivity index (χ3n) is 3.85. The zero-order valence-corrected chi connectivity index (χ0v) is 16.3. The molecule has 3 rings (SSSR count). The minimum atomic E-state index is -0.322. The summed E-state index contributed by atoms with van der Waals surface area (Å²) in [5.74, 6) is 1.25. The fraction of sp³-hybridized carbons (Fsp3) is 0.278.